The Morgan fingerprint density at radius 3 is 2.60 bits per heavy atom. The normalized spacial score (nSPS) is 30.9. The van der Waals surface area contributed by atoms with E-state index in [2.05, 4.69) is 19.2 Å². The average Bonchev–Trinajstić information content (AvgIpc) is 2.82. The standard InChI is InChI=1S/C17H24FNO/c1-10-7-12(8-11(2)14(10)18)9-19-15-13-5-6-20-16(13)17(15,3)4/h7-8,13,15-16,19H,5-6,9H2,1-4H3. The highest BCUT2D eigenvalue weighted by atomic mass is 19.1. The minimum absolute atomic E-state index is 0.0815. The number of ether oxygens (including phenoxy) is 1. The van der Waals surface area contributed by atoms with E-state index in [0.29, 0.717) is 18.1 Å². The quantitative estimate of drug-likeness (QED) is 0.915. The predicted molar refractivity (Wildman–Crippen MR) is 78.1 cm³/mol. The van der Waals surface area contributed by atoms with Crippen molar-refractivity contribution in [2.24, 2.45) is 11.3 Å². The molecule has 3 heteroatoms. The Morgan fingerprint density at radius 1 is 1.30 bits per heavy atom. The fourth-order valence-electron chi connectivity index (χ4n) is 4.10. The van der Waals surface area contributed by atoms with Crippen LogP contribution in [0.15, 0.2) is 12.1 Å². The smallest absolute Gasteiger partial charge is 0.129 e. The Bertz CT molecular complexity index is 503. The molecule has 3 rings (SSSR count). The molecule has 0 spiro atoms. The SMILES string of the molecule is Cc1cc(CNC2C3CCOC3C2(C)C)cc(C)c1F. The Balaban J connectivity index is 1.68. The Kier molecular flexibility index (Phi) is 3.38. The second-order valence-corrected chi connectivity index (χ2v) is 6.97. The molecule has 20 heavy (non-hydrogen) atoms. The monoisotopic (exact) mass is 277 g/mol. The summed E-state index contributed by atoms with van der Waals surface area (Å²) in [5.74, 6) is 0.564. The van der Waals surface area contributed by atoms with Gasteiger partial charge < -0.3 is 10.1 Å². The summed E-state index contributed by atoms with van der Waals surface area (Å²) in [6, 6.07) is 4.40. The van der Waals surface area contributed by atoms with Gasteiger partial charge in [0.2, 0.25) is 0 Å². The van der Waals surface area contributed by atoms with E-state index in [1.165, 1.54) is 5.56 Å². The molecule has 2 fully saturated rings. The second kappa shape index (κ2) is 4.81. The zero-order chi connectivity index (χ0) is 14.5. The van der Waals surface area contributed by atoms with Gasteiger partial charge in [-0.15, -0.1) is 0 Å². The van der Waals surface area contributed by atoms with E-state index >= 15 is 0 Å². The first kappa shape index (κ1) is 14.0. The van der Waals surface area contributed by atoms with Gasteiger partial charge in [-0.3, -0.25) is 0 Å². The van der Waals surface area contributed by atoms with Gasteiger partial charge in [-0.1, -0.05) is 26.0 Å². The van der Waals surface area contributed by atoms with Gasteiger partial charge in [-0.25, -0.2) is 4.39 Å². The van der Waals surface area contributed by atoms with E-state index in [4.69, 9.17) is 4.74 Å². The van der Waals surface area contributed by atoms with Gasteiger partial charge in [-0.2, -0.15) is 0 Å². The molecule has 1 saturated heterocycles. The molecular weight excluding hydrogens is 253 g/mol. The molecule has 0 bridgehead atoms. The molecule has 1 aromatic rings. The highest BCUT2D eigenvalue weighted by Gasteiger charge is 2.58. The zero-order valence-corrected chi connectivity index (χ0v) is 12.8. The van der Waals surface area contributed by atoms with Gasteiger partial charge in [0, 0.05) is 30.5 Å². The van der Waals surface area contributed by atoms with E-state index in [1.807, 2.05) is 26.0 Å². The summed E-state index contributed by atoms with van der Waals surface area (Å²) in [6.07, 6.45) is 1.57. The first-order valence-corrected chi connectivity index (χ1v) is 7.52. The van der Waals surface area contributed by atoms with Gasteiger partial charge in [-0.05, 0) is 37.0 Å². The fourth-order valence-corrected chi connectivity index (χ4v) is 4.10. The molecule has 2 aliphatic rings. The molecule has 1 heterocycles. The van der Waals surface area contributed by atoms with Crippen LogP contribution < -0.4 is 5.32 Å². The number of aryl methyl sites for hydroxylation is 2. The summed E-state index contributed by atoms with van der Waals surface area (Å²) >= 11 is 0. The van der Waals surface area contributed by atoms with E-state index < -0.39 is 0 Å². The van der Waals surface area contributed by atoms with Crippen molar-refractivity contribution in [2.45, 2.75) is 52.8 Å². The molecule has 1 N–H and O–H groups in total. The van der Waals surface area contributed by atoms with Crippen LogP contribution in [0.25, 0.3) is 0 Å². The van der Waals surface area contributed by atoms with Crippen LogP contribution in [0.2, 0.25) is 0 Å². The summed E-state index contributed by atoms with van der Waals surface area (Å²) in [5, 5.41) is 3.67. The number of fused-ring (bicyclic) bond motifs is 1. The Hall–Kier alpha value is -0.930. The number of hydrogen-bond acceptors (Lipinski definition) is 2. The third-order valence-electron chi connectivity index (χ3n) is 5.12. The molecule has 1 saturated carbocycles. The first-order chi connectivity index (χ1) is 9.41. The summed E-state index contributed by atoms with van der Waals surface area (Å²) in [5.41, 5.74) is 2.83. The molecule has 0 amide bonds. The van der Waals surface area contributed by atoms with Crippen molar-refractivity contribution in [3.05, 3.63) is 34.6 Å². The van der Waals surface area contributed by atoms with Crippen LogP contribution in [0.1, 0.15) is 37.0 Å². The molecule has 110 valence electrons. The molecule has 1 aliphatic heterocycles. The van der Waals surface area contributed by atoms with Crippen molar-refractivity contribution in [3.8, 4) is 0 Å². The van der Waals surface area contributed by atoms with E-state index in [-0.39, 0.29) is 11.2 Å². The summed E-state index contributed by atoms with van der Waals surface area (Å²) in [6.45, 7) is 9.92. The van der Waals surface area contributed by atoms with E-state index in [1.54, 1.807) is 0 Å². The van der Waals surface area contributed by atoms with Crippen LogP contribution in [0, 0.1) is 31.0 Å². The zero-order valence-electron chi connectivity index (χ0n) is 12.8. The molecule has 1 aliphatic carbocycles. The van der Waals surface area contributed by atoms with Crippen molar-refractivity contribution in [1.82, 2.24) is 5.32 Å². The van der Waals surface area contributed by atoms with Crippen molar-refractivity contribution in [3.63, 3.8) is 0 Å². The van der Waals surface area contributed by atoms with Crippen molar-refractivity contribution < 1.29 is 9.13 Å². The Labute approximate surface area is 120 Å². The lowest BCUT2D eigenvalue weighted by Crippen LogP contribution is -2.65. The molecule has 3 unspecified atom stereocenters. The van der Waals surface area contributed by atoms with Gasteiger partial charge in [0.25, 0.3) is 0 Å². The maximum absolute atomic E-state index is 13.6. The third-order valence-corrected chi connectivity index (χ3v) is 5.12. The van der Waals surface area contributed by atoms with E-state index in [0.717, 1.165) is 30.7 Å². The molecule has 1 aromatic carbocycles. The number of hydrogen-bond donors (Lipinski definition) is 1. The van der Waals surface area contributed by atoms with Crippen LogP contribution in [-0.2, 0) is 11.3 Å². The van der Waals surface area contributed by atoms with Crippen LogP contribution in [0.5, 0.6) is 0 Å². The minimum atomic E-state index is -0.0815. The number of rotatable bonds is 3. The third kappa shape index (κ3) is 2.08. The number of nitrogens with one attached hydrogen (secondary N) is 1. The van der Waals surface area contributed by atoms with Crippen LogP contribution in [-0.4, -0.2) is 18.8 Å². The lowest BCUT2D eigenvalue weighted by atomic mass is 9.57. The fraction of sp³-hybridized carbons (Fsp3) is 0.647. The average molecular weight is 277 g/mol. The van der Waals surface area contributed by atoms with Crippen LogP contribution in [0.4, 0.5) is 4.39 Å². The molecule has 2 nitrogen and oxygen atoms in total. The van der Waals surface area contributed by atoms with Gasteiger partial charge in [0.1, 0.15) is 5.82 Å². The highest BCUT2D eigenvalue weighted by molar-refractivity contribution is 5.30. The van der Waals surface area contributed by atoms with Crippen LogP contribution in [0.3, 0.4) is 0 Å². The van der Waals surface area contributed by atoms with E-state index in [9.17, 15) is 4.39 Å². The molecule has 3 atom stereocenters. The van der Waals surface area contributed by atoms with Gasteiger partial charge in [0.15, 0.2) is 0 Å². The van der Waals surface area contributed by atoms with Crippen molar-refractivity contribution in [1.29, 1.82) is 0 Å². The van der Waals surface area contributed by atoms with Crippen LogP contribution >= 0.6 is 0 Å². The highest BCUT2D eigenvalue weighted by Crippen LogP contribution is 2.52. The summed E-state index contributed by atoms with van der Waals surface area (Å²) in [4.78, 5) is 0. The largest absolute Gasteiger partial charge is 0.377 e. The summed E-state index contributed by atoms with van der Waals surface area (Å²) < 4.78 is 19.5. The van der Waals surface area contributed by atoms with Crippen molar-refractivity contribution in [2.75, 3.05) is 6.61 Å². The van der Waals surface area contributed by atoms with Gasteiger partial charge >= 0.3 is 0 Å². The molecular formula is C17H24FNO. The molecule has 0 aromatic heterocycles. The lowest BCUT2D eigenvalue weighted by molar-refractivity contribution is -0.113. The topological polar surface area (TPSA) is 21.3 Å². The second-order valence-electron chi connectivity index (χ2n) is 6.97. The maximum atomic E-state index is 13.6. The number of halogens is 1. The molecule has 0 radical (unpaired) electrons. The lowest BCUT2D eigenvalue weighted by Gasteiger charge is -2.55. The summed E-state index contributed by atoms with van der Waals surface area (Å²) in [7, 11) is 0. The Morgan fingerprint density at radius 2 is 1.95 bits per heavy atom. The minimum Gasteiger partial charge on any atom is -0.377 e. The maximum Gasteiger partial charge on any atom is 0.129 e. The van der Waals surface area contributed by atoms with Crippen molar-refractivity contribution >= 4 is 0 Å². The number of benzene rings is 1. The first-order valence-electron chi connectivity index (χ1n) is 7.52. The predicted octanol–water partition coefficient (Wildman–Crippen LogP) is 3.35. The van der Waals surface area contributed by atoms with Gasteiger partial charge in [0.05, 0.1) is 6.10 Å².